The first-order valence-corrected chi connectivity index (χ1v) is 5.86. The van der Waals surface area contributed by atoms with Crippen LogP contribution in [0.5, 0.6) is 0 Å². The molecule has 6 nitrogen and oxygen atoms in total. The normalized spacial score (nSPS) is 10.2. The lowest BCUT2D eigenvalue weighted by Gasteiger charge is -2.04. The molecule has 3 aromatic rings. The van der Waals surface area contributed by atoms with Crippen LogP contribution >= 0.6 is 0 Å². The molecule has 1 N–H and O–H groups in total. The maximum absolute atomic E-state index is 11.3. The van der Waals surface area contributed by atoms with Gasteiger partial charge in [0, 0.05) is 23.6 Å². The third kappa shape index (κ3) is 2.08. The Kier molecular flexibility index (Phi) is 2.86. The van der Waals surface area contributed by atoms with Crippen molar-refractivity contribution < 1.29 is 0 Å². The van der Waals surface area contributed by atoms with Crippen LogP contribution in [0.1, 0.15) is 5.56 Å². The van der Waals surface area contributed by atoms with Crippen molar-refractivity contribution in [2.24, 2.45) is 0 Å². The first-order valence-electron chi connectivity index (χ1n) is 5.86. The monoisotopic (exact) mass is 263 g/mol. The van der Waals surface area contributed by atoms with E-state index in [0.29, 0.717) is 5.69 Å². The second-order valence-corrected chi connectivity index (χ2v) is 4.12. The summed E-state index contributed by atoms with van der Waals surface area (Å²) in [7, 11) is 0. The Morgan fingerprint density at radius 2 is 2.05 bits per heavy atom. The fraction of sp³-hybridized carbons (Fsp3) is 0. The van der Waals surface area contributed by atoms with Gasteiger partial charge in [-0.25, -0.2) is 10.1 Å². The van der Waals surface area contributed by atoms with Crippen LogP contribution in [0.25, 0.3) is 16.9 Å². The van der Waals surface area contributed by atoms with E-state index < -0.39 is 5.56 Å². The Bertz CT molecular complexity index is 825. The predicted octanol–water partition coefficient (Wildman–Crippen LogP) is 1.49. The zero-order valence-electron chi connectivity index (χ0n) is 10.3. The molecule has 0 amide bonds. The van der Waals surface area contributed by atoms with Crippen LogP contribution in [0.2, 0.25) is 0 Å². The second-order valence-electron chi connectivity index (χ2n) is 4.12. The molecule has 20 heavy (non-hydrogen) atoms. The maximum atomic E-state index is 11.3. The summed E-state index contributed by atoms with van der Waals surface area (Å²) in [6, 6.07) is 10.9. The Morgan fingerprint density at radius 3 is 2.70 bits per heavy atom. The molecule has 0 fully saturated rings. The smallest absolute Gasteiger partial charge is 0.282 e. The zero-order valence-corrected chi connectivity index (χ0v) is 10.3. The van der Waals surface area contributed by atoms with Gasteiger partial charge in [-0.05, 0) is 18.2 Å². The highest BCUT2D eigenvalue weighted by Crippen LogP contribution is 2.18. The van der Waals surface area contributed by atoms with Crippen molar-refractivity contribution in [2.45, 2.75) is 0 Å². The molecule has 96 valence electrons. The van der Waals surface area contributed by atoms with Gasteiger partial charge in [-0.2, -0.15) is 10.4 Å². The summed E-state index contributed by atoms with van der Waals surface area (Å²) in [6.45, 7) is 0. The van der Waals surface area contributed by atoms with E-state index in [-0.39, 0.29) is 5.56 Å². The molecule has 0 bridgehead atoms. The second kappa shape index (κ2) is 4.82. The van der Waals surface area contributed by atoms with Crippen molar-refractivity contribution in [1.82, 2.24) is 19.7 Å². The summed E-state index contributed by atoms with van der Waals surface area (Å²) in [5, 5.41) is 15.1. The van der Waals surface area contributed by atoms with Gasteiger partial charge < -0.3 is 4.57 Å². The van der Waals surface area contributed by atoms with Gasteiger partial charge in [0.2, 0.25) is 0 Å². The van der Waals surface area contributed by atoms with Gasteiger partial charge in [-0.1, -0.05) is 12.1 Å². The molecule has 1 aromatic carbocycles. The van der Waals surface area contributed by atoms with Crippen molar-refractivity contribution in [2.75, 3.05) is 0 Å². The molecule has 0 unspecified atom stereocenters. The highest BCUT2D eigenvalue weighted by atomic mass is 16.1. The van der Waals surface area contributed by atoms with Gasteiger partial charge in [0.15, 0.2) is 0 Å². The standard InChI is InChI=1S/C14H9N5O/c15-8-11-7-13(17-18-14(11)20)10-1-3-12(4-2-10)19-6-5-16-9-19/h1-7,9H,(H,18,20). The van der Waals surface area contributed by atoms with Gasteiger partial charge in [0.25, 0.3) is 5.56 Å². The molecule has 0 radical (unpaired) electrons. The number of hydrogen-bond donors (Lipinski definition) is 1. The fourth-order valence-electron chi connectivity index (χ4n) is 1.85. The van der Waals surface area contributed by atoms with E-state index in [1.807, 2.05) is 41.1 Å². The molecule has 0 saturated heterocycles. The molecular weight excluding hydrogens is 254 g/mol. The average molecular weight is 263 g/mol. The number of benzene rings is 1. The van der Waals surface area contributed by atoms with E-state index in [4.69, 9.17) is 5.26 Å². The fourth-order valence-corrected chi connectivity index (χ4v) is 1.85. The Hall–Kier alpha value is -3.20. The van der Waals surface area contributed by atoms with Gasteiger partial charge in [0.05, 0.1) is 12.0 Å². The minimum atomic E-state index is -0.480. The highest BCUT2D eigenvalue weighted by Gasteiger charge is 2.05. The van der Waals surface area contributed by atoms with Crippen molar-refractivity contribution in [3.8, 4) is 23.0 Å². The number of nitriles is 1. The molecule has 0 atom stereocenters. The van der Waals surface area contributed by atoms with Crippen molar-refractivity contribution in [3.63, 3.8) is 0 Å². The quantitative estimate of drug-likeness (QED) is 0.758. The molecule has 3 rings (SSSR count). The molecule has 0 aliphatic heterocycles. The number of nitrogens with zero attached hydrogens (tertiary/aromatic N) is 4. The predicted molar refractivity (Wildman–Crippen MR) is 72.1 cm³/mol. The van der Waals surface area contributed by atoms with Crippen LogP contribution in [0.15, 0.2) is 53.8 Å². The lowest BCUT2D eigenvalue weighted by molar-refractivity contribution is 0.986. The van der Waals surface area contributed by atoms with E-state index in [0.717, 1.165) is 11.3 Å². The van der Waals surface area contributed by atoms with Crippen LogP contribution in [0.3, 0.4) is 0 Å². The van der Waals surface area contributed by atoms with Gasteiger partial charge in [0.1, 0.15) is 11.6 Å². The van der Waals surface area contributed by atoms with Crippen LogP contribution < -0.4 is 5.56 Å². The van der Waals surface area contributed by atoms with E-state index in [9.17, 15) is 4.79 Å². The number of aromatic nitrogens is 4. The Labute approximate surface area is 114 Å². The van der Waals surface area contributed by atoms with Crippen LogP contribution in [0.4, 0.5) is 0 Å². The minimum absolute atomic E-state index is 0.0497. The molecule has 0 aliphatic carbocycles. The summed E-state index contributed by atoms with van der Waals surface area (Å²) in [5.74, 6) is 0. The molecule has 6 heteroatoms. The van der Waals surface area contributed by atoms with Crippen molar-refractivity contribution >= 4 is 0 Å². The van der Waals surface area contributed by atoms with E-state index in [1.54, 1.807) is 12.5 Å². The summed E-state index contributed by atoms with van der Waals surface area (Å²) >= 11 is 0. The van der Waals surface area contributed by atoms with E-state index in [2.05, 4.69) is 15.2 Å². The first kappa shape index (κ1) is 11.9. The van der Waals surface area contributed by atoms with Crippen molar-refractivity contribution in [3.05, 3.63) is 65.0 Å². The highest BCUT2D eigenvalue weighted by molar-refractivity contribution is 5.61. The molecule has 0 saturated carbocycles. The van der Waals surface area contributed by atoms with Crippen molar-refractivity contribution in [1.29, 1.82) is 5.26 Å². The molecule has 0 aliphatic rings. The van der Waals surface area contributed by atoms with Crippen LogP contribution in [0, 0.1) is 11.3 Å². The number of aromatic amines is 1. The maximum Gasteiger partial charge on any atom is 0.282 e. The summed E-state index contributed by atoms with van der Waals surface area (Å²) in [5.41, 5.74) is 1.91. The number of hydrogen-bond acceptors (Lipinski definition) is 4. The lowest BCUT2D eigenvalue weighted by atomic mass is 10.1. The summed E-state index contributed by atoms with van der Waals surface area (Å²) < 4.78 is 1.88. The molecule has 2 heterocycles. The van der Waals surface area contributed by atoms with E-state index in [1.165, 1.54) is 6.07 Å². The van der Waals surface area contributed by atoms with Crippen LogP contribution in [-0.4, -0.2) is 19.7 Å². The molecule has 2 aromatic heterocycles. The summed E-state index contributed by atoms with van der Waals surface area (Å²) in [4.78, 5) is 15.3. The van der Waals surface area contributed by atoms with Gasteiger partial charge in [-0.3, -0.25) is 4.79 Å². The number of imidazole rings is 1. The molecule has 0 spiro atoms. The van der Waals surface area contributed by atoms with E-state index >= 15 is 0 Å². The topological polar surface area (TPSA) is 87.4 Å². The third-order valence-corrected chi connectivity index (χ3v) is 2.89. The molecular formula is C14H9N5O. The average Bonchev–Trinajstić information content (AvgIpc) is 3.02. The SMILES string of the molecule is N#Cc1cc(-c2ccc(-n3ccnc3)cc2)n[nH]c1=O. The third-order valence-electron chi connectivity index (χ3n) is 2.89. The van der Waals surface area contributed by atoms with Gasteiger partial charge >= 0.3 is 0 Å². The first-order chi connectivity index (χ1) is 9.78. The Morgan fingerprint density at radius 1 is 1.25 bits per heavy atom. The zero-order chi connectivity index (χ0) is 13.9. The number of nitrogens with one attached hydrogen (secondary N) is 1. The van der Waals surface area contributed by atoms with Crippen LogP contribution in [-0.2, 0) is 0 Å². The lowest BCUT2D eigenvalue weighted by Crippen LogP contribution is -2.11. The minimum Gasteiger partial charge on any atom is -0.306 e. The Balaban J connectivity index is 2.00. The summed E-state index contributed by atoms with van der Waals surface area (Å²) in [6.07, 6.45) is 5.26. The largest absolute Gasteiger partial charge is 0.306 e. The number of H-pyrrole nitrogens is 1. The number of rotatable bonds is 2. The van der Waals surface area contributed by atoms with Gasteiger partial charge in [-0.15, -0.1) is 0 Å².